The molecular weight excluding hydrogens is 386 g/mol. The van der Waals surface area contributed by atoms with Crippen molar-refractivity contribution in [2.24, 2.45) is 0 Å². The number of rotatable bonds is 6. The van der Waals surface area contributed by atoms with Gasteiger partial charge in [0.15, 0.2) is 0 Å². The molecule has 1 saturated heterocycles. The summed E-state index contributed by atoms with van der Waals surface area (Å²) in [5.74, 6) is 0.986. The van der Waals surface area contributed by atoms with Gasteiger partial charge in [-0.25, -0.2) is 0 Å². The fourth-order valence-electron chi connectivity index (χ4n) is 4.39. The van der Waals surface area contributed by atoms with Crippen molar-refractivity contribution >= 4 is 5.91 Å². The molecule has 2 heterocycles. The third-order valence-electron chi connectivity index (χ3n) is 6.21. The molecule has 0 aliphatic carbocycles. The third-order valence-corrected chi connectivity index (χ3v) is 6.21. The first-order chi connectivity index (χ1) is 15.1. The number of ether oxygens (including phenoxy) is 1. The third kappa shape index (κ3) is 4.37. The van der Waals surface area contributed by atoms with Crippen LogP contribution in [0.2, 0.25) is 0 Å². The second-order valence-corrected chi connectivity index (χ2v) is 8.05. The highest BCUT2D eigenvalue weighted by molar-refractivity contribution is 5.97. The van der Waals surface area contributed by atoms with Gasteiger partial charge in [0.25, 0.3) is 5.91 Å². The molecule has 1 N–H and O–H groups in total. The summed E-state index contributed by atoms with van der Waals surface area (Å²) in [7, 11) is 0. The van der Waals surface area contributed by atoms with Crippen LogP contribution in [0.25, 0.3) is 16.9 Å². The topological polar surface area (TPSA) is 38.9 Å². The minimum Gasteiger partial charge on any atom is -0.494 e. The SMILES string of the molecule is CCOc1ccc(-n2c(-c3ccccc3)cc(C(=O)N3CC[NH+](CC)CC3)c2C)cc1. The number of nitrogens with one attached hydrogen (secondary N) is 1. The molecule has 1 aromatic heterocycles. The normalized spacial score (nSPS) is 14.6. The number of likely N-dealkylation sites (N-methyl/N-ethyl adjacent to an activating group) is 1. The molecule has 0 radical (unpaired) electrons. The highest BCUT2D eigenvalue weighted by Crippen LogP contribution is 2.31. The highest BCUT2D eigenvalue weighted by atomic mass is 16.5. The van der Waals surface area contributed by atoms with Crippen LogP contribution in [0.4, 0.5) is 0 Å². The van der Waals surface area contributed by atoms with E-state index in [9.17, 15) is 4.79 Å². The van der Waals surface area contributed by atoms with Crippen LogP contribution in [0.15, 0.2) is 60.7 Å². The number of quaternary nitrogens is 1. The van der Waals surface area contributed by atoms with Gasteiger partial charge in [0.1, 0.15) is 5.75 Å². The molecule has 1 amide bonds. The predicted molar refractivity (Wildman–Crippen MR) is 124 cm³/mol. The van der Waals surface area contributed by atoms with Crippen LogP contribution in [0, 0.1) is 6.92 Å². The zero-order valence-electron chi connectivity index (χ0n) is 18.7. The van der Waals surface area contributed by atoms with E-state index in [-0.39, 0.29) is 5.91 Å². The summed E-state index contributed by atoms with van der Waals surface area (Å²) in [4.78, 5) is 17.0. The first-order valence-electron chi connectivity index (χ1n) is 11.3. The smallest absolute Gasteiger partial charge is 0.256 e. The van der Waals surface area contributed by atoms with Crippen molar-refractivity contribution in [1.82, 2.24) is 9.47 Å². The van der Waals surface area contributed by atoms with Crippen LogP contribution in [0.3, 0.4) is 0 Å². The Labute approximate surface area is 184 Å². The van der Waals surface area contributed by atoms with E-state index in [1.807, 2.05) is 49.1 Å². The van der Waals surface area contributed by atoms with Gasteiger partial charge in [0.2, 0.25) is 0 Å². The molecule has 0 bridgehead atoms. The lowest BCUT2D eigenvalue weighted by Gasteiger charge is -2.31. The van der Waals surface area contributed by atoms with Gasteiger partial charge in [-0.05, 0) is 56.7 Å². The van der Waals surface area contributed by atoms with Crippen LogP contribution < -0.4 is 9.64 Å². The summed E-state index contributed by atoms with van der Waals surface area (Å²) in [5.41, 5.74) is 4.91. The van der Waals surface area contributed by atoms with E-state index in [1.54, 1.807) is 4.90 Å². The van der Waals surface area contributed by atoms with Crippen molar-refractivity contribution < 1.29 is 14.4 Å². The van der Waals surface area contributed by atoms with E-state index in [0.717, 1.165) is 66.7 Å². The van der Waals surface area contributed by atoms with Gasteiger partial charge >= 0.3 is 0 Å². The van der Waals surface area contributed by atoms with Crippen LogP contribution in [0.1, 0.15) is 29.9 Å². The molecule has 31 heavy (non-hydrogen) atoms. The summed E-state index contributed by atoms with van der Waals surface area (Å²) in [6.07, 6.45) is 0. The number of hydrogen-bond donors (Lipinski definition) is 1. The van der Waals surface area contributed by atoms with Gasteiger partial charge in [0.05, 0.1) is 50.6 Å². The molecular formula is C26H32N3O2+. The van der Waals surface area contributed by atoms with Crippen LogP contribution in [-0.4, -0.2) is 54.7 Å². The van der Waals surface area contributed by atoms with E-state index in [0.29, 0.717) is 6.61 Å². The first kappa shape index (κ1) is 21.2. The maximum atomic E-state index is 13.5. The first-order valence-corrected chi connectivity index (χ1v) is 11.3. The van der Waals surface area contributed by atoms with Gasteiger partial charge in [-0.2, -0.15) is 0 Å². The number of benzene rings is 2. The van der Waals surface area contributed by atoms with Crippen LogP contribution in [-0.2, 0) is 0 Å². The quantitative estimate of drug-likeness (QED) is 0.668. The zero-order valence-corrected chi connectivity index (χ0v) is 18.7. The van der Waals surface area contributed by atoms with Crippen molar-refractivity contribution in [2.45, 2.75) is 20.8 Å². The molecule has 3 aromatic rings. The zero-order chi connectivity index (χ0) is 21.8. The Balaban J connectivity index is 1.73. The Kier molecular flexibility index (Phi) is 6.42. The summed E-state index contributed by atoms with van der Waals surface area (Å²) < 4.78 is 7.80. The summed E-state index contributed by atoms with van der Waals surface area (Å²) >= 11 is 0. The van der Waals surface area contributed by atoms with Gasteiger partial charge < -0.3 is 19.1 Å². The van der Waals surface area contributed by atoms with E-state index < -0.39 is 0 Å². The maximum Gasteiger partial charge on any atom is 0.256 e. The van der Waals surface area contributed by atoms with E-state index >= 15 is 0 Å². The largest absolute Gasteiger partial charge is 0.494 e. The molecule has 0 unspecified atom stereocenters. The number of amides is 1. The van der Waals surface area contributed by atoms with Gasteiger partial charge in [0, 0.05) is 11.4 Å². The maximum absolute atomic E-state index is 13.5. The molecule has 0 saturated carbocycles. The number of aromatic nitrogens is 1. The fourth-order valence-corrected chi connectivity index (χ4v) is 4.39. The average molecular weight is 419 g/mol. The number of carbonyl (C=O) groups excluding carboxylic acids is 1. The van der Waals surface area contributed by atoms with E-state index in [2.05, 4.69) is 41.8 Å². The van der Waals surface area contributed by atoms with Crippen LogP contribution >= 0.6 is 0 Å². The van der Waals surface area contributed by atoms with Gasteiger partial charge in [-0.3, -0.25) is 4.79 Å². The molecule has 1 aliphatic heterocycles. The van der Waals surface area contributed by atoms with Crippen molar-refractivity contribution in [1.29, 1.82) is 0 Å². The highest BCUT2D eigenvalue weighted by Gasteiger charge is 2.27. The average Bonchev–Trinajstić information content (AvgIpc) is 3.17. The lowest BCUT2D eigenvalue weighted by molar-refractivity contribution is -0.902. The molecule has 4 rings (SSSR count). The number of nitrogens with zero attached hydrogens (tertiary/aromatic N) is 2. The molecule has 162 valence electrons. The van der Waals surface area contributed by atoms with Crippen molar-refractivity contribution in [3.05, 3.63) is 71.9 Å². The van der Waals surface area contributed by atoms with Crippen LogP contribution in [0.5, 0.6) is 5.75 Å². The predicted octanol–water partition coefficient (Wildman–Crippen LogP) is 3.21. The standard InChI is InChI=1S/C26H31N3O2/c1-4-27-15-17-28(18-16-27)26(30)24-19-25(21-9-7-6-8-10-21)29(20(24)3)22-11-13-23(14-12-22)31-5-2/h6-14,19H,4-5,15-18H2,1-3H3/p+1. The number of hydrogen-bond acceptors (Lipinski definition) is 2. The molecule has 1 fully saturated rings. The van der Waals surface area contributed by atoms with Crippen molar-refractivity contribution in [3.63, 3.8) is 0 Å². The van der Waals surface area contributed by atoms with Crippen molar-refractivity contribution in [2.75, 3.05) is 39.3 Å². The summed E-state index contributed by atoms with van der Waals surface area (Å²) in [6.45, 7) is 11.7. The van der Waals surface area contributed by atoms with E-state index in [1.165, 1.54) is 0 Å². The molecule has 5 nitrogen and oxygen atoms in total. The number of carbonyl (C=O) groups is 1. The molecule has 2 aromatic carbocycles. The fraction of sp³-hybridized carbons (Fsp3) is 0.346. The van der Waals surface area contributed by atoms with Gasteiger partial charge in [-0.15, -0.1) is 0 Å². The molecule has 5 heteroatoms. The summed E-state index contributed by atoms with van der Waals surface area (Å²) in [5, 5.41) is 0. The monoisotopic (exact) mass is 418 g/mol. The lowest BCUT2D eigenvalue weighted by atomic mass is 10.1. The molecule has 0 atom stereocenters. The van der Waals surface area contributed by atoms with Crippen molar-refractivity contribution in [3.8, 4) is 22.7 Å². The Morgan fingerprint density at radius 1 is 1.00 bits per heavy atom. The molecule has 0 spiro atoms. The summed E-state index contributed by atoms with van der Waals surface area (Å²) in [6, 6.07) is 20.4. The molecule has 1 aliphatic rings. The number of piperazine rings is 1. The minimum atomic E-state index is 0.134. The Bertz CT molecular complexity index is 1020. The lowest BCUT2D eigenvalue weighted by Crippen LogP contribution is -3.14. The minimum absolute atomic E-state index is 0.134. The van der Waals surface area contributed by atoms with Gasteiger partial charge in [-0.1, -0.05) is 30.3 Å². The Morgan fingerprint density at radius 3 is 2.29 bits per heavy atom. The Morgan fingerprint density at radius 2 is 1.68 bits per heavy atom. The second kappa shape index (κ2) is 9.40. The Hall–Kier alpha value is -3.05. The van der Waals surface area contributed by atoms with E-state index in [4.69, 9.17) is 4.74 Å². The second-order valence-electron chi connectivity index (χ2n) is 8.05.